The Morgan fingerprint density at radius 1 is 1.22 bits per heavy atom. The summed E-state index contributed by atoms with van der Waals surface area (Å²) in [5.41, 5.74) is 5.00. The molecule has 264 valence electrons. The van der Waals surface area contributed by atoms with Crippen LogP contribution in [-0.2, 0) is 37.2 Å². The first-order chi connectivity index (χ1) is 24.4. The average Bonchev–Trinajstić information content (AvgIpc) is 3.75. The molecule has 4 aromatic rings. The van der Waals surface area contributed by atoms with Gasteiger partial charge in [-0.2, -0.15) is 9.30 Å². The molecule has 4 aromatic heterocycles. The molecule has 2 aliphatic rings. The number of hydrogen-bond donors (Lipinski definition) is 6. The first-order valence-electron chi connectivity index (χ1n) is 14.5. The zero-order chi connectivity index (χ0) is 36.4. The summed E-state index contributed by atoms with van der Waals surface area (Å²) in [6, 6.07) is 4.60. The van der Waals surface area contributed by atoms with E-state index in [2.05, 4.69) is 20.6 Å². The molecule has 0 aliphatic carbocycles. The molecule has 6 heterocycles. The van der Waals surface area contributed by atoms with Crippen LogP contribution in [0.2, 0.25) is 0 Å². The smallest absolute Gasteiger partial charge is 0.370 e. The molecule has 51 heavy (non-hydrogen) atoms. The molecule has 0 spiro atoms. The molecule has 0 unspecified atom stereocenters. The Kier molecular flexibility index (Phi) is 9.97. The minimum Gasteiger partial charge on any atom is -0.503 e. The number of carboxylic acids is 2. The number of pyridine rings is 2. The third-order valence-electron chi connectivity index (χ3n) is 7.30. The van der Waals surface area contributed by atoms with E-state index in [1.807, 2.05) is 0 Å². The van der Waals surface area contributed by atoms with Crippen LogP contribution >= 0.6 is 34.9 Å². The molecular weight excluding hydrogens is 733 g/mol. The van der Waals surface area contributed by atoms with E-state index in [4.69, 9.17) is 20.2 Å². The van der Waals surface area contributed by atoms with Crippen molar-refractivity contribution in [3.8, 4) is 17.1 Å². The van der Waals surface area contributed by atoms with Gasteiger partial charge >= 0.3 is 11.9 Å². The molecule has 0 radical (unpaired) electrons. The number of nitrogen functional groups attached to an aromatic ring is 1. The minimum absolute atomic E-state index is 0.0303. The van der Waals surface area contributed by atoms with Crippen LogP contribution in [0.5, 0.6) is 5.75 Å². The number of nitrogens with two attached hydrogens (primary N) is 1. The number of β-lactam (4-membered cyclic amide) rings is 1. The number of rotatable bonds is 13. The lowest BCUT2D eigenvalue weighted by molar-refractivity contribution is -0.686. The van der Waals surface area contributed by atoms with Gasteiger partial charge in [-0.3, -0.25) is 19.3 Å². The normalized spacial score (nSPS) is 17.1. The monoisotopic (exact) mass is 757 g/mol. The van der Waals surface area contributed by atoms with Crippen molar-refractivity contribution >= 4 is 69.5 Å². The van der Waals surface area contributed by atoms with Crippen molar-refractivity contribution in [3.63, 3.8) is 0 Å². The number of thiazole rings is 1. The van der Waals surface area contributed by atoms with Gasteiger partial charge in [-0.25, -0.2) is 14.6 Å². The van der Waals surface area contributed by atoms with Crippen molar-refractivity contribution in [2.75, 3.05) is 17.2 Å². The van der Waals surface area contributed by atoms with Gasteiger partial charge in [0.1, 0.15) is 34.2 Å². The molecule has 1 saturated heterocycles. The molecule has 0 aromatic carbocycles. The summed E-state index contributed by atoms with van der Waals surface area (Å²) in [4.78, 5) is 73.1. The number of amides is 2. The Morgan fingerprint density at radius 3 is 2.67 bits per heavy atom. The summed E-state index contributed by atoms with van der Waals surface area (Å²) >= 11 is 3.64. The summed E-state index contributed by atoms with van der Waals surface area (Å²) in [5.74, 6) is -3.85. The second kappa shape index (κ2) is 14.5. The zero-order valence-corrected chi connectivity index (χ0v) is 28.2. The Morgan fingerprint density at radius 2 is 1.98 bits per heavy atom. The molecule has 1 fully saturated rings. The molecule has 22 heteroatoms. The number of nitrogens with one attached hydrogen (secondary N) is 1. The second-order valence-corrected chi connectivity index (χ2v) is 13.8. The number of carboxylic acid groups (broad SMARTS) is 2. The number of hydrogen-bond acceptors (Lipinski definition) is 16. The number of anilines is 1. The summed E-state index contributed by atoms with van der Waals surface area (Å²) in [6.07, 6.45) is 3.99. The average molecular weight is 758 g/mol. The predicted octanol–water partition coefficient (Wildman–Crippen LogP) is 0.309. The van der Waals surface area contributed by atoms with Crippen molar-refractivity contribution in [1.29, 1.82) is 0 Å². The lowest BCUT2D eigenvalue weighted by Gasteiger charge is -2.49. The van der Waals surface area contributed by atoms with E-state index in [-0.39, 0.29) is 64.0 Å². The lowest BCUT2D eigenvalue weighted by Crippen LogP contribution is -2.71. The highest BCUT2D eigenvalue weighted by molar-refractivity contribution is 8.01. The number of aliphatic carboxylic acids is 2. The Hall–Kier alpha value is -5.87. The van der Waals surface area contributed by atoms with Crippen LogP contribution in [0.1, 0.15) is 11.5 Å². The Balaban J connectivity index is 1.13. The zero-order valence-electron chi connectivity index (χ0n) is 25.7. The van der Waals surface area contributed by atoms with Crippen LogP contribution in [0.15, 0.2) is 78.9 Å². The van der Waals surface area contributed by atoms with E-state index >= 15 is 0 Å². The van der Waals surface area contributed by atoms with Gasteiger partial charge in [-0.1, -0.05) is 10.3 Å². The fourth-order valence-corrected chi connectivity index (χ4v) is 7.86. The van der Waals surface area contributed by atoms with Gasteiger partial charge < -0.3 is 40.9 Å². The third-order valence-corrected chi connectivity index (χ3v) is 10.4. The molecule has 0 bridgehead atoms. The Labute approximate surface area is 297 Å². The summed E-state index contributed by atoms with van der Waals surface area (Å²) in [6.45, 7) is -0.570. The minimum atomic E-state index is -1.29. The highest BCUT2D eigenvalue weighted by Crippen LogP contribution is 2.41. The first kappa shape index (κ1) is 35.0. The standard InChI is InChI=1S/C29H24N8O11S3/c30-29-31-17(12-51-29)22(34-47-9-14-5-16(33-48-14)18-6-19(38)20(39)7-36(18)46)25(42)32-23-26(43)37-24(28(44)45)13(11-50-27(23)37)10-49-15-1-3-35(4-2-15)8-21(40)41/h1-7,12,23,27,46H,8-11H2,(H5-,30,31,32,39,40,41,42,44,45)/p+1/b34-22-/t23-,27-/m1/s1. The van der Waals surface area contributed by atoms with Crippen LogP contribution in [0.4, 0.5) is 5.13 Å². The van der Waals surface area contributed by atoms with Crippen LogP contribution in [0.3, 0.4) is 0 Å². The maximum absolute atomic E-state index is 13.5. The SMILES string of the molecule is Nc1nc(/C(=N/OCc2cc(-c3cc(=O)c(O)cn3O)no2)C(=O)N[C@@H]2C(=O)N3C(C(=O)O)=C(CSc4cc[n+](CC(=O)O)cc4)CS[C@H]23)cs1. The fourth-order valence-electron chi connectivity index (χ4n) is 4.94. The molecule has 6 rings (SSSR count). The van der Waals surface area contributed by atoms with E-state index < -0.39 is 46.3 Å². The number of aromatic hydroxyl groups is 1. The topological polar surface area (TPSA) is 277 Å². The van der Waals surface area contributed by atoms with E-state index in [9.17, 15) is 39.4 Å². The summed E-state index contributed by atoms with van der Waals surface area (Å²) in [7, 11) is 0. The predicted molar refractivity (Wildman–Crippen MR) is 178 cm³/mol. The molecule has 2 amide bonds. The van der Waals surface area contributed by atoms with Crippen molar-refractivity contribution in [2.24, 2.45) is 5.16 Å². The van der Waals surface area contributed by atoms with E-state index in [1.165, 1.54) is 39.5 Å². The molecule has 7 N–H and O–H groups in total. The molecule has 19 nitrogen and oxygen atoms in total. The van der Waals surface area contributed by atoms with Gasteiger partial charge in [0, 0.05) is 46.0 Å². The van der Waals surface area contributed by atoms with Gasteiger partial charge in [0.25, 0.3) is 11.8 Å². The highest BCUT2D eigenvalue weighted by atomic mass is 32.2. The largest absolute Gasteiger partial charge is 0.503 e. The second-order valence-electron chi connectivity index (χ2n) is 10.7. The van der Waals surface area contributed by atoms with Gasteiger partial charge in [0.05, 0.1) is 6.20 Å². The van der Waals surface area contributed by atoms with Crippen LogP contribution in [-0.4, -0.2) is 92.7 Å². The van der Waals surface area contributed by atoms with Crippen molar-refractivity contribution in [3.05, 3.63) is 81.2 Å². The van der Waals surface area contributed by atoms with Crippen molar-refractivity contribution in [1.82, 2.24) is 25.1 Å². The number of nitrogens with zero attached hydrogens (tertiary/aromatic N) is 6. The number of aromatic nitrogens is 4. The summed E-state index contributed by atoms with van der Waals surface area (Å²) < 4.78 is 7.14. The molecule has 2 atom stereocenters. The number of thioether (sulfide) groups is 2. The van der Waals surface area contributed by atoms with Gasteiger partial charge in [-0.05, 0) is 5.57 Å². The molecular formula is C29H25N8O11S3+. The maximum atomic E-state index is 13.5. The molecule has 2 aliphatic heterocycles. The molecule has 0 saturated carbocycles. The van der Waals surface area contributed by atoms with Gasteiger partial charge in [0.2, 0.25) is 12.0 Å². The number of carbonyl (C=O) groups is 4. The number of carbonyl (C=O) groups excluding carboxylic acids is 2. The number of oxime groups is 1. The highest BCUT2D eigenvalue weighted by Gasteiger charge is 2.54. The van der Waals surface area contributed by atoms with Crippen molar-refractivity contribution in [2.45, 2.75) is 29.5 Å². The van der Waals surface area contributed by atoms with Gasteiger partial charge in [0.15, 0.2) is 41.4 Å². The fraction of sp³-hybridized carbons (Fsp3) is 0.207. The number of fused-ring (bicyclic) bond motifs is 1. The van der Waals surface area contributed by atoms with Crippen LogP contribution in [0.25, 0.3) is 11.4 Å². The van der Waals surface area contributed by atoms with E-state index in [0.29, 0.717) is 10.3 Å². The third kappa shape index (κ3) is 7.51. The maximum Gasteiger partial charge on any atom is 0.370 e. The Bertz CT molecular complexity index is 2160. The van der Waals surface area contributed by atoms with E-state index in [0.717, 1.165) is 33.4 Å². The van der Waals surface area contributed by atoms with Gasteiger partial charge in [-0.15, -0.1) is 34.9 Å². The summed E-state index contributed by atoms with van der Waals surface area (Å²) in [5, 5.41) is 49.6. The lowest BCUT2D eigenvalue weighted by atomic mass is 10.0. The van der Waals surface area contributed by atoms with E-state index in [1.54, 1.807) is 24.5 Å². The first-order valence-corrected chi connectivity index (χ1v) is 17.4. The van der Waals surface area contributed by atoms with Crippen molar-refractivity contribution < 1.29 is 53.6 Å². The van der Waals surface area contributed by atoms with Crippen LogP contribution in [0, 0.1) is 0 Å². The van der Waals surface area contributed by atoms with Crippen LogP contribution < -0.4 is 21.0 Å². The quantitative estimate of drug-likeness (QED) is 0.0267.